The number of nitrogens with zero attached hydrogens (tertiary/aromatic N) is 2. The minimum Gasteiger partial charge on any atom is -0.309 e. The highest BCUT2D eigenvalue weighted by Gasteiger charge is 2.23. The molecule has 0 saturated carbocycles. The third-order valence-electron chi connectivity index (χ3n) is 12.2. The molecule has 61 heavy (non-hydrogen) atoms. The highest BCUT2D eigenvalue weighted by Crippen LogP contribution is 2.49. The molecule has 3 heteroatoms. The lowest BCUT2D eigenvalue weighted by atomic mass is 9.95. The summed E-state index contributed by atoms with van der Waals surface area (Å²) in [7, 11) is 0. The number of hydrogen-bond donors (Lipinski definition) is 0. The molecule has 0 unspecified atom stereocenters. The Kier molecular flexibility index (Phi) is 8.39. The van der Waals surface area contributed by atoms with E-state index in [4.69, 9.17) is 0 Å². The number of hydrogen-bond acceptors (Lipinski definition) is 2. The molecular weight excluding hydrogens is 757 g/mol. The molecule has 0 bridgehead atoms. The molecular formula is C58H38N2S. The number of anilines is 3. The Morgan fingerprint density at radius 2 is 0.934 bits per heavy atom. The maximum absolute atomic E-state index is 2.50. The molecule has 0 saturated heterocycles. The van der Waals surface area contributed by atoms with Gasteiger partial charge >= 0.3 is 0 Å². The van der Waals surface area contributed by atoms with Gasteiger partial charge in [0.25, 0.3) is 0 Å². The van der Waals surface area contributed by atoms with E-state index in [0.29, 0.717) is 0 Å². The molecule has 0 aliphatic rings. The van der Waals surface area contributed by atoms with E-state index in [-0.39, 0.29) is 0 Å². The van der Waals surface area contributed by atoms with Gasteiger partial charge in [0.05, 0.1) is 28.1 Å². The predicted molar refractivity (Wildman–Crippen MR) is 262 cm³/mol. The first-order chi connectivity index (χ1) is 30.3. The van der Waals surface area contributed by atoms with E-state index in [0.717, 1.165) is 28.3 Å². The van der Waals surface area contributed by atoms with Gasteiger partial charge in [-0.3, -0.25) is 0 Å². The van der Waals surface area contributed by atoms with Crippen LogP contribution < -0.4 is 4.90 Å². The summed E-state index contributed by atoms with van der Waals surface area (Å²) in [6.07, 6.45) is 0. The largest absolute Gasteiger partial charge is 0.309 e. The average Bonchev–Trinajstić information content (AvgIpc) is 3.88. The van der Waals surface area contributed by atoms with Crippen molar-refractivity contribution in [1.29, 1.82) is 0 Å². The molecule has 0 spiro atoms. The molecule has 12 rings (SSSR count). The predicted octanol–water partition coefficient (Wildman–Crippen LogP) is 16.8. The van der Waals surface area contributed by atoms with E-state index in [9.17, 15) is 0 Å². The average molecular weight is 795 g/mol. The van der Waals surface area contributed by atoms with Gasteiger partial charge in [-0.1, -0.05) is 170 Å². The van der Waals surface area contributed by atoms with Crippen LogP contribution >= 0.6 is 11.3 Å². The van der Waals surface area contributed by atoms with Crippen LogP contribution in [0.5, 0.6) is 0 Å². The van der Waals surface area contributed by atoms with Gasteiger partial charge in [-0.25, -0.2) is 0 Å². The van der Waals surface area contributed by atoms with Crippen molar-refractivity contribution in [3.05, 3.63) is 231 Å². The second-order valence-corrected chi connectivity index (χ2v) is 16.8. The van der Waals surface area contributed by atoms with Crippen molar-refractivity contribution in [1.82, 2.24) is 4.57 Å². The number of para-hydroxylation sites is 3. The lowest BCUT2D eigenvalue weighted by Crippen LogP contribution is -2.12. The second-order valence-electron chi connectivity index (χ2n) is 15.7. The van der Waals surface area contributed by atoms with Gasteiger partial charge in [0, 0.05) is 47.8 Å². The quantitative estimate of drug-likeness (QED) is 0.156. The van der Waals surface area contributed by atoms with Crippen LogP contribution in [0.3, 0.4) is 0 Å². The SMILES string of the molecule is c1ccc(-c2ccc(-c3ccc4ccccc4c3)cc2N(c2ccc(-c3ccccc3-n3c4ccccc4c4ccccc43)cc2)c2cccc3sc4ccccc4c23)cc1. The van der Waals surface area contributed by atoms with E-state index in [1.807, 2.05) is 11.3 Å². The van der Waals surface area contributed by atoms with Crippen LogP contribution in [0, 0.1) is 0 Å². The molecule has 2 heterocycles. The Morgan fingerprint density at radius 3 is 1.74 bits per heavy atom. The first-order valence-electron chi connectivity index (χ1n) is 20.8. The summed E-state index contributed by atoms with van der Waals surface area (Å²) in [4.78, 5) is 2.50. The van der Waals surface area contributed by atoms with E-state index >= 15 is 0 Å². The van der Waals surface area contributed by atoms with Crippen LogP contribution in [-0.2, 0) is 0 Å². The van der Waals surface area contributed by atoms with Crippen molar-refractivity contribution in [2.75, 3.05) is 4.90 Å². The molecule has 2 nitrogen and oxygen atoms in total. The molecule has 286 valence electrons. The van der Waals surface area contributed by atoms with Crippen LogP contribution in [0.25, 0.3) is 91.8 Å². The normalized spacial score (nSPS) is 11.6. The number of benzene rings is 10. The highest BCUT2D eigenvalue weighted by molar-refractivity contribution is 7.26. The van der Waals surface area contributed by atoms with E-state index in [1.165, 1.54) is 80.6 Å². The molecule has 0 radical (unpaired) electrons. The van der Waals surface area contributed by atoms with Crippen molar-refractivity contribution in [2.45, 2.75) is 0 Å². The molecule has 0 amide bonds. The lowest BCUT2D eigenvalue weighted by Gasteiger charge is -2.29. The topological polar surface area (TPSA) is 8.17 Å². The smallest absolute Gasteiger partial charge is 0.0555 e. The minimum absolute atomic E-state index is 1.09. The van der Waals surface area contributed by atoms with Gasteiger partial charge in [-0.2, -0.15) is 0 Å². The Morgan fingerprint density at radius 1 is 0.344 bits per heavy atom. The summed E-state index contributed by atoms with van der Waals surface area (Å²) in [6, 6.07) is 84.3. The standard InChI is InChI=1S/C58H38N2S/c1-2-16-40(17-3-1)47-36-33-44(43-30-29-39-15-4-5-18-42(39)37-43)38-55(47)59(54-26-14-28-57-58(54)50-22-9-13-27-56(50)61-57)45-34-31-41(32-35-45)46-19-6-10-23-51(46)60-52-24-11-7-20-48(52)49-21-8-12-25-53(49)60/h1-38H. The molecule has 0 aliphatic heterocycles. The fourth-order valence-corrected chi connectivity index (χ4v) is 10.5. The first kappa shape index (κ1) is 35.2. The Balaban J connectivity index is 1.08. The molecule has 10 aromatic carbocycles. The maximum Gasteiger partial charge on any atom is 0.0555 e. The molecule has 0 aliphatic carbocycles. The van der Waals surface area contributed by atoms with Crippen LogP contribution in [-0.4, -0.2) is 4.57 Å². The number of rotatable bonds is 7. The number of fused-ring (bicyclic) bond motifs is 7. The molecule has 2 aromatic heterocycles. The fraction of sp³-hybridized carbons (Fsp3) is 0. The van der Waals surface area contributed by atoms with Gasteiger partial charge in [0.2, 0.25) is 0 Å². The number of thiophene rings is 1. The molecule has 0 atom stereocenters. The van der Waals surface area contributed by atoms with E-state index in [1.54, 1.807) is 0 Å². The monoisotopic (exact) mass is 794 g/mol. The molecule has 0 fully saturated rings. The van der Waals surface area contributed by atoms with Gasteiger partial charge in [-0.15, -0.1) is 11.3 Å². The zero-order chi connectivity index (χ0) is 40.3. The first-order valence-corrected chi connectivity index (χ1v) is 21.7. The lowest BCUT2D eigenvalue weighted by molar-refractivity contribution is 1.18. The van der Waals surface area contributed by atoms with Gasteiger partial charge in [0.1, 0.15) is 0 Å². The Hall–Kier alpha value is -7.72. The van der Waals surface area contributed by atoms with Gasteiger partial charge in [0.15, 0.2) is 0 Å². The zero-order valence-corrected chi connectivity index (χ0v) is 34.1. The number of aromatic nitrogens is 1. The third kappa shape index (κ3) is 5.93. The van der Waals surface area contributed by atoms with Crippen molar-refractivity contribution < 1.29 is 0 Å². The van der Waals surface area contributed by atoms with E-state index < -0.39 is 0 Å². The second kappa shape index (κ2) is 14.5. The maximum atomic E-state index is 2.50. The van der Waals surface area contributed by atoms with Gasteiger partial charge in [-0.05, 0) is 93.7 Å². The van der Waals surface area contributed by atoms with Crippen LogP contribution in [0.15, 0.2) is 231 Å². The minimum atomic E-state index is 1.09. The van der Waals surface area contributed by atoms with E-state index in [2.05, 4.69) is 240 Å². The summed E-state index contributed by atoms with van der Waals surface area (Å²) in [5, 5.41) is 7.52. The van der Waals surface area contributed by atoms with Crippen molar-refractivity contribution in [3.63, 3.8) is 0 Å². The Labute approximate surface area is 358 Å². The van der Waals surface area contributed by atoms with Gasteiger partial charge < -0.3 is 9.47 Å². The molecule has 12 aromatic rings. The van der Waals surface area contributed by atoms with Crippen molar-refractivity contribution >= 4 is 81.1 Å². The van der Waals surface area contributed by atoms with Crippen LogP contribution in [0.1, 0.15) is 0 Å². The summed E-state index contributed by atoms with van der Waals surface area (Å²) in [6.45, 7) is 0. The molecule has 0 N–H and O–H groups in total. The summed E-state index contributed by atoms with van der Waals surface area (Å²) in [5.41, 5.74) is 14.0. The fourth-order valence-electron chi connectivity index (χ4n) is 9.36. The van der Waals surface area contributed by atoms with Crippen LogP contribution in [0.4, 0.5) is 17.1 Å². The van der Waals surface area contributed by atoms with Crippen molar-refractivity contribution in [3.8, 4) is 39.1 Å². The van der Waals surface area contributed by atoms with Crippen LogP contribution in [0.2, 0.25) is 0 Å². The van der Waals surface area contributed by atoms with Crippen molar-refractivity contribution in [2.24, 2.45) is 0 Å². The summed E-state index contributed by atoms with van der Waals surface area (Å²) in [5.74, 6) is 0. The third-order valence-corrected chi connectivity index (χ3v) is 13.3. The Bertz CT molecular complexity index is 3540. The highest BCUT2D eigenvalue weighted by atomic mass is 32.1. The summed E-state index contributed by atoms with van der Waals surface area (Å²) >= 11 is 1.86. The zero-order valence-electron chi connectivity index (χ0n) is 33.2. The summed E-state index contributed by atoms with van der Waals surface area (Å²) < 4.78 is 4.98.